The van der Waals surface area contributed by atoms with Crippen molar-refractivity contribution in [2.45, 2.75) is 44.2 Å². The molecule has 1 fully saturated rings. The normalized spacial score (nSPS) is 17.8. The van der Waals surface area contributed by atoms with Gasteiger partial charge in [0.1, 0.15) is 0 Å². The van der Waals surface area contributed by atoms with Crippen LogP contribution in [0.15, 0.2) is 17.5 Å². The van der Waals surface area contributed by atoms with Gasteiger partial charge in [-0.05, 0) is 24.3 Å². The van der Waals surface area contributed by atoms with Gasteiger partial charge in [0.05, 0.1) is 17.3 Å². The molecule has 1 aromatic heterocycles. The third-order valence-corrected chi connectivity index (χ3v) is 4.14. The molecule has 1 atom stereocenters. The van der Waals surface area contributed by atoms with E-state index in [1.54, 1.807) is 6.07 Å². The fourth-order valence-corrected chi connectivity index (χ4v) is 3.09. The maximum atomic E-state index is 12.2. The summed E-state index contributed by atoms with van der Waals surface area (Å²) >= 11 is 1.36. The standard InChI is InChI=1S/C13H17NO3S/c15-12(16)8-10(14-9-4-1-2-5-9)13(17)11-6-3-7-18-11/h3,6-7,9-10,14H,1-2,4-5,8H2,(H,15,16). The van der Waals surface area contributed by atoms with Crippen molar-refractivity contribution < 1.29 is 14.7 Å². The third-order valence-electron chi connectivity index (χ3n) is 3.25. The first kappa shape index (κ1) is 13.2. The van der Waals surface area contributed by atoms with Gasteiger partial charge in [0.2, 0.25) is 0 Å². The van der Waals surface area contributed by atoms with Crippen molar-refractivity contribution >= 4 is 23.1 Å². The lowest BCUT2D eigenvalue weighted by Gasteiger charge is -2.20. The highest BCUT2D eigenvalue weighted by atomic mass is 32.1. The van der Waals surface area contributed by atoms with Crippen molar-refractivity contribution in [1.29, 1.82) is 0 Å². The number of rotatable bonds is 6. The minimum atomic E-state index is -0.935. The highest BCUT2D eigenvalue weighted by Gasteiger charge is 2.27. The van der Waals surface area contributed by atoms with E-state index < -0.39 is 12.0 Å². The van der Waals surface area contributed by atoms with Gasteiger partial charge < -0.3 is 10.4 Å². The van der Waals surface area contributed by atoms with E-state index in [0.29, 0.717) is 10.9 Å². The van der Waals surface area contributed by atoms with E-state index in [9.17, 15) is 9.59 Å². The van der Waals surface area contributed by atoms with Crippen molar-refractivity contribution in [3.8, 4) is 0 Å². The van der Waals surface area contributed by atoms with Crippen molar-refractivity contribution in [3.63, 3.8) is 0 Å². The highest BCUT2D eigenvalue weighted by molar-refractivity contribution is 7.12. The Morgan fingerprint density at radius 3 is 2.72 bits per heavy atom. The Bertz CT molecular complexity index is 410. The number of nitrogens with one attached hydrogen (secondary N) is 1. The summed E-state index contributed by atoms with van der Waals surface area (Å²) in [5, 5.41) is 14.0. The van der Waals surface area contributed by atoms with E-state index in [1.165, 1.54) is 11.3 Å². The topological polar surface area (TPSA) is 66.4 Å². The second kappa shape index (κ2) is 6.11. The van der Waals surface area contributed by atoms with Crippen molar-refractivity contribution in [2.75, 3.05) is 0 Å². The number of carbonyl (C=O) groups excluding carboxylic acids is 1. The van der Waals surface area contributed by atoms with Crippen LogP contribution in [0, 0.1) is 0 Å². The Morgan fingerprint density at radius 1 is 1.44 bits per heavy atom. The molecule has 1 aliphatic carbocycles. The SMILES string of the molecule is O=C(O)CC(NC1CCCC1)C(=O)c1cccs1. The van der Waals surface area contributed by atoms with Crippen molar-refractivity contribution in [2.24, 2.45) is 0 Å². The Balaban J connectivity index is 2.03. The second-order valence-corrected chi connectivity index (χ2v) is 5.59. The molecular formula is C13H17NO3S. The molecule has 1 heterocycles. The van der Waals surface area contributed by atoms with E-state index in [0.717, 1.165) is 25.7 Å². The average Bonchev–Trinajstić information content (AvgIpc) is 2.99. The van der Waals surface area contributed by atoms with Gasteiger partial charge >= 0.3 is 5.97 Å². The number of hydrogen-bond acceptors (Lipinski definition) is 4. The number of aliphatic carboxylic acids is 1. The molecule has 1 aromatic rings. The molecule has 0 aliphatic heterocycles. The Hall–Kier alpha value is -1.20. The zero-order valence-corrected chi connectivity index (χ0v) is 10.9. The predicted molar refractivity (Wildman–Crippen MR) is 70.1 cm³/mol. The Morgan fingerprint density at radius 2 is 2.17 bits per heavy atom. The molecule has 18 heavy (non-hydrogen) atoms. The van der Waals surface area contributed by atoms with Crippen LogP contribution in [-0.4, -0.2) is 28.9 Å². The Labute approximate surface area is 110 Å². The monoisotopic (exact) mass is 267 g/mol. The van der Waals surface area contributed by atoms with E-state index in [-0.39, 0.29) is 12.2 Å². The van der Waals surface area contributed by atoms with Gasteiger partial charge in [-0.1, -0.05) is 18.9 Å². The lowest BCUT2D eigenvalue weighted by Crippen LogP contribution is -2.43. The molecule has 0 aromatic carbocycles. The van der Waals surface area contributed by atoms with Crippen LogP contribution in [-0.2, 0) is 4.79 Å². The van der Waals surface area contributed by atoms with E-state index in [4.69, 9.17) is 5.11 Å². The van der Waals surface area contributed by atoms with E-state index in [2.05, 4.69) is 5.32 Å². The van der Waals surface area contributed by atoms with Crippen molar-refractivity contribution in [3.05, 3.63) is 22.4 Å². The van der Waals surface area contributed by atoms with Gasteiger partial charge in [0, 0.05) is 6.04 Å². The van der Waals surface area contributed by atoms with Gasteiger partial charge in [0.15, 0.2) is 5.78 Å². The third kappa shape index (κ3) is 3.40. The molecule has 2 N–H and O–H groups in total. The minimum Gasteiger partial charge on any atom is -0.481 e. The molecule has 4 nitrogen and oxygen atoms in total. The van der Waals surface area contributed by atoms with E-state index >= 15 is 0 Å². The summed E-state index contributed by atoms with van der Waals surface area (Å²) in [4.78, 5) is 23.7. The summed E-state index contributed by atoms with van der Waals surface area (Å²) in [5.41, 5.74) is 0. The molecule has 1 aliphatic rings. The molecule has 0 spiro atoms. The second-order valence-electron chi connectivity index (χ2n) is 4.64. The molecule has 0 saturated heterocycles. The van der Waals surface area contributed by atoms with Crippen LogP contribution in [0.25, 0.3) is 0 Å². The summed E-state index contributed by atoms with van der Waals surface area (Å²) in [6.07, 6.45) is 4.24. The molecular weight excluding hydrogens is 250 g/mol. The van der Waals surface area contributed by atoms with Crippen LogP contribution in [0.4, 0.5) is 0 Å². The zero-order chi connectivity index (χ0) is 13.0. The molecule has 1 saturated carbocycles. The first-order valence-electron chi connectivity index (χ1n) is 6.22. The van der Waals surface area contributed by atoms with Gasteiger partial charge in [-0.2, -0.15) is 0 Å². The number of hydrogen-bond donors (Lipinski definition) is 2. The fraction of sp³-hybridized carbons (Fsp3) is 0.538. The van der Waals surface area contributed by atoms with Crippen LogP contribution in [0.2, 0.25) is 0 Å². The minimum absolute atomic E-state index is 0.0979. The molecule has 1 unspecified atom stereocenters. The van der Waals surface area contributed by atoms with Crippen LogP contribution in [0.3, 0.4) is 0 Å². The number of ketones is 1. The first-order chi connectivity index (χ1) is 8.66. The number of carbonyl (C=O) groups is 2. The van der Waals surface area contributed by atoms with Crippen LogP contribution in [0.1, 0.15) is 41.8 Å². The number of carboxylic acid groups (broad SMARTS) is 1. The summed E-state index contributed by atoms with van der Waals surface area (Å²) in [6.45, 7) is 0. The van der Waals surface area contributed by atoms with Gasteiger partial charge in [-0.15, -0.1) is 11.3 Å². The first-order valence-corrected chi connectivity index (χ1v) is 7.10. The van der Waals surface area contributed by atoms with Crippen LogP contribution < -0.4 is 5.32 Å². The molecule has 5 heteroatoms. The molecule has 2 rings (SSSR count). The largest absolute Gasteiger partial charge is 0.481 e. The average molecular weight is 267 g/mol. The lowest BCUT2D eigenvalue weighted by molar-refractivity contribution is -0.137. The number of Topliss-reactive ketones (excluding diaryl/α,β-unsaturated/α-hetero) is 1. The summed E-state index contributed by atoms with van der Waals surface area (Å²) in [6, 6.07) is 3.26. The molecule has 98 valence electrons. The maximum absolute atomic E-state index is 12.2. The van der Waals surface area contributed by atoms with Crippen molar-refractivity contribution in [1.82, 2.24) is 5.32 Å². The Kier molecular flexibility index (Phi) is 4.49. The maximum Gasteiger partial charge on any atom is 0.305 e. The van der Waals surface area contributed by atoms with Gasteiger partial charge in [-0.3, -0.25) is 9.59 Å². The fourth-order valence-electron chi connectivity index (χ4n) is 2.37. The number of thiophene rings is 1. The highest BCUT2D eigenvalue weighted by Crippen LogP contribution is 2.20. The summed E-state index contributed by atoms with van der Waals surface area (Å²) in [5.74, 6) is -1.03. The summed E-state index contributed by atoms with van der Waals surface area (Å²) < 4.78 is 0. The molecule has 0 radical (unpaired) electrons. The summed E-state index contributed by atoms with van der Waals surface area (Å²) in [7, 11) is 0. The van der Waals surface area contributed by atoms with E-state index in [1.807, 2.05) is 11.4 Å². The van der Waals surface area contributed by atoms with Crippen LogP contribution >= 0.6 is 11.3 Å². The van der Waals surface area contributed by atoms with Crippen LogP contribution in [0.5, 0.6) is 0 Å². The smallest absolute Gasteiger partial charge is 0.305 e. The number of carboxylic acids is 1. The molecule has 0 bridgehead atoms. The van der Waals surface area contributed by atoms with Gasteiger partial charge in [0.25, 0.3) is 0 Å². The molecule has 0 amide bonds. The predicted octanol–water partition coefficient (Wildman–Crippen LogP) is 2.31. The lowest BCUT2D eigenvalue weighted by atomic mass is 10.1. The van der Waals surface area contributed by atoms with Gasteiger partial charge in [-0.25, -0.2) is 0 Å². The zero-order valence-electron chi connectivity index (χ0n) is 10.1. The quantitative estimate of drug-likeness (QED) is 0.776.